The minimum Gasteiger partial charge on any atom is -0.417 e. The molecule has 53 heavy (non-hydrogen) atoms. The zero-order valence-corrected chi connectivity index (χ0v) is 31.6. The number of benzene rings is 2. The normalized spacial score (nSPS) is 22.2. The summed E-state index contributed by atoms with van der Waals surface area (Å²) in [4.78, 5) is 69.2. The summed E-state index contributed by atoms with van der Waals surface area (Å²) in [7, 11) is 1.57. The van der Waals surface area contributed by atoms with Gasteiger partial charge in [-0.2, -0.15) is 4.73 Å². The van der Waals surface area contributed by atoms with Gasteiger partial charge in [0.15, 0.2) is 0 Å². The highest BCUT2D eigenvalue weighted by atomic mass is 16.6. The van der Waals surface area contributed by atoms with Crippen LogP contribution in [-0.2, 0) is 37.0 Å². The Kier molecular flexibility index (Phi) is 14.3. The van der Waals surface area contributed by atoms with Gasteiger partial charge in [0.1, 0.15) is 37.9 Å². The van der Waals surface area contributed by atoms with Crippen LogP contribution in [0.5, 0.6) is 0 Å². The van der Waals surface area contributed by atoms with E-state index in [1.54, 1.807) is 16.7 Å². The van der Waals surface area contributed by atoms with E-state index < -0.39 is 36.0 Å². The molecule has 0 radical (unpaired) electrons. The predicted molar refractivity (Wildman–Crippen MR) is 205 cm³/mol. The molecule has 2 aliphatic heterocycles. The summed E-state index contributed by atoms with van der Waals surface area (Å²) in [6.07, 6.45) is 8.94. The topological polar surface area (TPSA) is 143 Å². The number of nitrogens with zero attached hydrogens (tertiary/aromatic N) is 3. The molecular weight excluding hydrogens is 672 g/mol. The lowest BCUT2D eigenvalue weighted by Crippen LogP contribution is -2.64. The first-order valence-electron chi connectivity index (χ1n) is 19.3. The van der Waals surface area contributed by atoms with E-state index in [0.29, 0.717) is 38.8 Å². The predicted octanol–water partition coefficient (Wildman–Crippen LogP) is 5.07. The van der Waals surface area contributed by atoms with E-state index in [4.69, 9.17) is 9.68 Å². The van der Waals surface area contributed by atoms with Crippen molar-refractivity contribution in [3.8, 4) is 0 Å². The molecule has 0 unspecified atom stereocenters. The first-order valence-corrected chi connectivity index (χ1v) is 19.3. The number of rotatable bonds is 15. The van der Waals surface area contributed by atoms with Crippen molar-refractivity contribution in [2.45, 2.75) is 122 Å². The highest BCUT2D eigenvalue weighted by Gasteiger charge is 2.41. The number of unbranched alkanes of at least 4 members (excludes halogenated alkanes) is 2. The number of carbonyl (C=O) groups is 4. The summed E-state index contributed by atoms with van der Waals surface area (Å²) >= 11 is 0. The maximum Gasteiger partial charge on any atom is 0.246 e. The molecule has 3 heterocycles. The zero-order chi connectivity index (χ0) is 37.7. The largest absolute Gasteiger partial charge is 0.417 e. The zero-order valence-electron chi connectivity index (χ0n) is 31.6. The van der Waals surface area contributed by atoms with Crippen LogP contribution in [0.1, 0.15) is 96.1 Å². The average molecular weight is 729 g/mol. The van der Waals surface area contributed by atoms with Crippen LogP contribution in [-0.4, -0.2) is 76.8 Å². The van der Waals surface area contributed by atoms with Crippen LogP contribution in [0, 0.1) is 5.92 Å². The van der Waals surface area contributed by atoms with Crippen LogP contribution >= 0.6 is 0 Å². The molecule has 0 bridgehead atoms. The second-order valence-corrected chi connectivity index (χ2v) is 14.3. The van der Waals surface area contributed by atoms with Crippen LogP contribution in [0.3, 0.4) is 0 Å². The fraction of sp³-hybridized carbons (Fsp3) is 0.537. The highest BCUT2D eigenvalue weighted by molar-refractivity contribution is 5.98. The van der Waals surface area contributed by atoms with Crippen LogP contribution in [0.4, 0.5) is 0 Å². The van der Waals surface area contributed by atoms with E-state index in [-0.39, 0.29) is 24.2 Å². The molecule has 2 fully saturated rings. The van der Waals surface area contributed by atoms with Gasteiger partial charge in [-0.15, -0.1) is 0 Å². The first-order chi connectivity index (χ1) is 25.7. The Hall–Kier alpha value is -4.87. The molecule has 2 aliphatic rings. The SMILES string of the molecule is CC/C(CCCCC[C@@H]1NC(=O)[C@H]2CCCCN2C(=O)[C@H]([C@@H](C)CC)NC(=O)[C@H](Cc2cn(OC)c3ccccc23)NC1=O)=N\OCc1ccccc1. The number of hydrogen-bond acceptors (Lipinski definition) is 7. The van der Waals surface area contributed by atoms with Crippen molar-refractivity contribution in [2.75, 3.05) is 13.7 Å². The molecule has 5 rings (SSSR count). The van der Waals surface area contributed by atoms with Gasteiger partial charge in [-0.25, -0.2) is 0 Å². The maximum atomic E-state index is 14.2. The van der Waals surface area contributed by atoms with Crippen LogP contribution in [0.2, 0.25) is 0 Å². The Labute approximate surface area is 313 Å². The number of nitrogens with one attached hydrogen (secondary N) is 3. The van der Waals surface area contributed by atoms with E-state index in [1.807, 2.05) is 74.6 Å². The molecule has 0 aliphatic carbocycles. The Morgan fingerprint density at radius 1 is 0.887 bits per heavy atom. The van der Waals surface area contributed by atoms with E-state index in [0.717, 1.165) is 66.3 Å². The van der Waals surface area contributed by atoms with Gasteiger partial charge in [0.2, 0.25) is 23.6 Å². The molecule has 0 saturated carbocycles. The number of amides is 4. The van der Waals surface area contributed by atoms with Gasteiger partial charge in [0, 0.05) is 24.5 Å². The average Bonchev–Trinajstić information content (AvgIpc) is 3.54. The third-order valence-electron chi connectivity index (χ3n) is 10.6. The summed E-state index contributed by atoms with van der Waals surface area (Å²) in [6, 6.07) is 14.2. The molecule has 2 aromatic carbocycles. The number of piperidine rings is 1. The number of oxime groups is 1. The number of hydrogen-bond donors (Lipinski definition) is 3. The molecular formula is C41H56N6O6. The van der Waals surface area contributed by atoms with Crippen LogP contribution in [0.15, 0.2) is 65.9 Å². The fourth-order valence-corrected chi connectivity index (χ4v) is 7.27. The smallest absolute Gasteiger partial charge is 0.246 e. The molecule has 2 saturated heterocycles. The minimum absolute atomic E-state index is 0.161. The number of carbonyl (C=O) groups excluding carboxylic acids is 4. The van der Waals surface area contributed by atoms with Gasteiger partial charge in [-0.3, -0.25) is 19.2 Å². The molecule has 4 amide bonds. The van der Waals surface area contributed by atoms with Gasteiger partial charge < -0.3 is 30.5 Å². The number of aromatic nitrogens is 1. The Balaban J connectivity index is 1.33. The molecule has 286 valence electrons. The van der Waals surface area contributed by atoms with E-state index >= 15 is 0 Å². The highest BCUT2D eigenvalue weighted by Crippen LogP contribution is 2.25. The van der Waals surface area contributed by atoms with E-state index in [1.165, 1.54) is 0 Å². The van der Waals surface area contributed by atoms with E-state index in [2.05, 4.69) is 28.0 Å². The standard InChI is InChI=1S/C41H56N6O6/c1-5-28(3)37-41(51)46-24-16-15-23-36(46)40(50)42-33(21-12-8-11-19-31(6-2)45-53-27-29-17-9-7-10-18-29)38(48)43-34(39(49)44-37)25-30-26-47(52-4)35-22-14-13-20-32(30)35/h7,9-10,13-14,17-18,20,22,26,28,33-34,36-37H,5-6,8,11-12,15-16,19,21,23-25,27H2,1-4H3,(H,42,50)(H,43,48)(H,44,49)/b45-31+/t28-,33-,34-,36+,37-/m0/s1. The van der Waals surface area contributed by atoms with Gasteiger partial charge in [0.05, 0.1) is 11.2 Å². The van der Waals surface area contributed by atoms with Gasteiger partial charge >= 0.3 is 0 Å². The third kappa shape index (κ3) is 10.2. The quantitative estimate of drug-likeness (QED) is 0.113. The van der Waals surface area contributed by atoms with Crippen LogP contribution < -0.4 is 20.8 Å². The molecule has 3 aromatic rings. The van der Waals surface area contributed by atoms with Gasteiger partial charge in [-0.1, -0.05) is 93.7 Å². The summed E-state index contributed by atoms with van der Waals surface area (Å²) < 4.78 is 1.63. The van der Waals surface area contributed by atoms with Crippen molar-refractivity contribution in [3.63, 3.8) is 0 Å². The van der Waals surface area contributed by atoms with Gasteiger partial charge in [0.25, 0.3) is 0 Å². The first kappa shape index (κ1) is 39.3. The molecule has 12 nitrogen and oxygen atoms in total. The van der Waals surface area contributed by atoms with E-state index in [9.17, 15) is 19.2 Å². The van der Waals surface area contributed by atoms with Crippen molar-refractivity contribution in [1.82, 2.24) is 25.6 Å². The summed E-state index contributed by atoms with van der Waals surface area (Å²) in [5.41, 5.74) is 3.66. The molecule has 3 N–H and O–H groups in total. The molecule has 1 aromatic heterocycles. The lowest BCUT2D eigenvalue weighted by Gasteiger charge is -2.39. The maximum absolute atomic E-state index is 14.2. The summed E-state index contributed by atoms with van der Waals surface area (Å²) in [5.74, 6) is -1.64. The monoisotopic (exact) mass is 728 g/mol. The minimum atomic E-state index is -1.01. The third-order valence-corrected chi connectivity index (χ3v) is 10.6. The Morgan fingerprint density at radius 3 is 2.38 bits per heavy atom. The second-order valence-electron chi connectivity index (χ2n) is 14.3. The second kappa shape index (κ2) is 19.3. The van der Waals surface area contributed by atoms with Crippen molar-refractivity contribution < 1.29 is 28.9 Å². The number of fused-ring (bicyclic) bond motifs is 2. The van der Waals surface area contributed by atoms with Crippen molar-refractivity contribution in [2.24, 2.45) is 11.1 Å². The lowest BCUT2D eigenvalue weighted by molar-refractivity contribution is -0.147. The Morgan fingerprint density at radius 2 is 1.62 bits per heavy atom. The van der Waals surface area contributed by atoms with Crippen molar-refractivity contribution in [1.29, 1.82) is 0 Å². The summed E-state index contributed by atoms with van der Waals surface area (Å²) in [6.45, 7) is 6.79. The lowest BCUT2D eigenvalue weighted by atomic mass is 9.93. The van der Waals surface area contributed by atoms with Crippen molar-refractivity contribution in [3.05, 3.63) is 71.9 Å². The van der Waals surface area contributed by atoms with Gasteiger partial charge in [-0.05, 0) is 68.1 Å². The Bertz CT molecular complexity index is 1720. The molecule has 12 heteroatoms. The summed E-state index contributed by atoms with van der Waals surface area (Å²) in [5, 5.41) is 14.3. The fourth-order valence-electron chi connectivity index (χ4n) is 7.27. The number of para-hydroxylation sites is 1. The van der Waals surface area contributed by atoms with Crippen molar-refractivity contribution >= 4 is 40.2 Å². The molecule has 0 spiro atoms. The molecule has 5 atom stereocenters. The van der Waals surface area contributed by atoms with Crippen LogP contribution in [0.25, 0.3) is 10.9 Å².